The molecule has 0 fully saturated rings. The number of ether oxygens (including phenoxy) is 2. The molecule has 0 saturated heterocycles. The van der Waals surface area contributed by atoms with Gasteiger partial charge < -0.3 is 19.7 Å². The molecule has 118 valence electrons. The van der Waals surface area contributed by atoms with Gasteiger partial charge in [0.15, 0.2) is 0 Å². The first-order valence-electron chi connectivity index (χ1n) is 7.04. The summed E-state index contributed by atoms with van der Waals surface area (Å²) in [6.45, 7) is 3.81. The van der Waals surface area contributed by atoms with Gasteiger partial charge in [0.1, 0.15) is 0 Å². The lowest BCUT2D eigenvalue weighted by molar-refractivity contribution is -0.145. The minimum atomic E-state index is -0.963. The van der Waals surface area contributed by atoms with Crippen LogP contribution in [0.15, 0.2) is 30.3 Å². The summed E-state index contributed by atoms with van der Waals surface area (Å²) in [5.74, 6) is -0.991. The summed E-state index contributed by atoms with van der Waals surface area (Å²) in [6, 6.07) is 9.64. The molecule has 1 aromatic rings. The SMILES string of the molecule is COC(=O)C[C@H](O)[C@@H](C)[C@H](O)[C@H](C)OCc1ccccc1. The van der Waals surface area contributed by atoms with E-state index in [0.29, 0.717) is 6.61 Å². The van der Waals surface area contributed by atoms with Crippen LogP contribution in [0.2, 0.25) is 0 Å². The zero-order chi connectivity index (χ0) is 15.8. The zero-order valence-electron chi connectivity index (χ0n) is 12.7. The molecule has 0 aromatic heterocycles. The van der Waals surface area contributed by atoms with Crippen molar-refractivity contribution in [2.24, 2.45) is 5.92 Å². The van der Waals surface area contributed by atoms with Gasteiger partial charge in [-0.2, -0.15) is 0 Å². The van der Waals surface area contributed by atoms with Gasteiger partial charge in [-0.3, -0.25) is 4.79 Å². The van der Waals surface area contributed by atoms with Crippen LogP contribution in [0.3, 0.4) is 0 Å². The third kappa shape index (κ3) is 5.83. The molecule has 0 aliphatic carbocycles. The number of hydrogen-bond donors (Lipinski definition) is 2. The highest BCUT2D eigenvalue weighted by atomic mass is 16.5. The summed E-state index contributed by atoms with van der Waals surface area (Å²) >= 11 is 0. The third-order valence-corrected chi connectivity index (χ3v) is 3.59. The summed E-state index contributed by atoms with van der Waals surface area (Å²) in [5, 5.41) is 20.1. The van der Waals surface area contributed by atoms with E-state index < -0.39 is 30.2 Å². The van der Waals surface area contributed by atoms with Crippen LogP contribution >= 0.6 is 0 Å². The van der Waals surface area contributed by atoms with Crippen molar-refractivity contribution in [2.45, 2.75) is 45.2 Å². The minimum Gasteiger partial charge on any atom is -0.469 e. The molecule has 5 heteroatoms. The van der Waals surface area contributed by atoms with E-state index in [1.165, 1.54) is 7.11 Å². The second-order valence-corrected chi connectivity index (χ2v) is 5.20. The summed E-state index contributed by atoms with van der Waals surface area (Å²) in [4.78, 5) is 11.1. The maximum absolute atomic E-state index is 11.1. The van der Waals surface area contributed by atoms with E-state index in [4.69, 9.17) is 4.74 Å². The van der Waals surface area contributed by atoms with Gasteiger partial charge in [0, 0.05) is 5.92 Å². The van der Waals surface area contributed by atoms with Crippen LogP contribution in [-0.2, 0) is 20.9 Å². The molecule has 2 N–H and O–H groups in total. The van der Waals surface area contributed by atoms with Crippen molar-refractivity contribution in [3.05, 3.63) is 35.9 Å². The first kappa shape index (κ1) is 17.6. The molecule has 0 unspecified atom stereocenters. The monoisotopic (exact) mass is 296 g/mol. The molecule has 5 nitrogen and oxygen atoms in total. The maximum atomic E-state index is 11.1. The van der Waals surface area contributed by atoms with E-state index in [-0.39, 0.29) is 6.42 Å². The fraction of sp³-hybridized carbons (Fsp3) is 0.562. The lowest BCUT2D eigenvalue weighted by Crippen LogP contribution is -2.39. The number of hydrogen-bond acceptors (Lipinski definition) is 5. The molecule has 0 aliphatic rings. The Labute approximate surface area is 125 Å². The van der Waals surface area contributed by atoms with Crippen molar-refractivity contribution in [1.29, 1.82) is 0 Å². The van der Waals surface area contributed by atoms with Crippen LogP contribution in [0, 0.1) is 5.92 Å². The Morgan fingerprint density at radius 2 is 1.81 bits per heavy atom. The predicted molar refractivity (Wildman–Crippen MR) is 78.5 cm³/mol. The largest absolute Gasteiger partial charge is 0.469 e. The first-order chi connectivity index (χ1) is 9.95. The van der Waals surface area contributed by atoms with Crippen LogP contribution in [-0.4, -0.2) is 41.6 Å². The lowest BCUT2D eigenvalue weighted by Gasteiger charge is -2.28. The molecular weight excluding hydrogens is 272 g/mol. The highest BCUT2D eigenvalue weighted by Crippen LogP contribution is 2.18. The molecule has 0 amide bonds. The average Bonchev–Trinajstić information content (AvgIpc) is 2.51. The molecule has 0 saturated carbocycles. The number of carbonyl (C=O) groups is 1. The number of benzene rings is 1. The standard InChI is InChI=1S/C16H24O5/c1-11(14(17)9-15(18)20-3)16(19)12(2)21-10-13-7-5-4-6-8-13/h4-8,11-12,14,16-17,19H,9-10H2,1-3H3/t11-,12+,14+,16+/m1/s1. The second kappa shape index (κ2) is 8.77. The molecule has 0 bridgehead atoms. The van der Waals surface area contributed by atoms with Gasteiger partial charge in [-0.25, -0.2) is 0 Å². The van der Waals surface area contributed by atoms with E-state index in [1.54, 1.807) is 13.8 Å². The number of esters is 1. The number of carbonyl (C=O) groups excluding carboxylic acids is 1. The summed E-state index contributed by atoms with van der Waals surface area (Å²) in [5.41, 5.74) is 1.01. The molecule has 0 aliphatic heterocycles. The Balaban J connectivity index is 2.45. The molecule has 0 radical (unpaired) electrons. The summed E-state index contributed by atoms with van der Waals surface area (Å²) in [6.07, 6.45) is -2.42. The smallest absolute Gasteiger partial charge is 0.308 e. The van der Waals surface area contributed by atoms with Gasteiger partial charge in [-0.15, -0.1) is 0 Å². The van der Waals surface area contributed by atoms with E-state index in [0.717, 1.165) is 5.56 Å². The highest BCUT2D eigenvalue weighted by molar-refractivity contribution is 5.69. The average molecular weight is 296 g/mol. The zero-order valence-corrected chi connectivity index (χ0v) is 12.7. The number of rotatable bonds is 8. The topological polar surface area (TPSA) is 76.0 Å². The molecular formula is C16H24O5. The Kier molecular flexibility index (Phi) is 7.36. The van der Waals surface area contributed by atoms with Crippen molar-refractivity contribution in [2.75, 3.05) is 7.11 Å². The Bertz CT molecular complexity index is 420. The maximum Gasteiger partial charge on any atom is 0.308 e. The van der Waals surface area contributed by atoms with E-state index in [1.807, 2.05) is 30.3 Å². The summed E-state index contributed by atoms with van der Waals surface area (Å²) in [7, 11) is 1.27. The molecule has 4 atom stereocenters. The van der Waals surface area contributed by atoms with Crippen LogP contribution in [0.1, 0.15) is 25.8 Å². The van der Waals surface area contributed by atoms with Crippen molar-refractivity contribution < 1.29 is 24.5 Å². The van der Waals surface area contributed by atoms with Gasteiger partial charge in [-0.1, -0.05) is 37.3 Å². The normalized spacial score (nSPS) is 16.8. The van der Waals surface area contributed by atoms with E-state index in [2.05, 4.69) is 4.74 Å². The van der Waals surface area contributed by atoms with Crippen LogP contribution in [0.4, 0.5) is 0 Å². The Hall–Kier alpha value is -1.43. The fourth-order valence-corrected chi connectivity index (χ4v) is 2.00. The van der Waals surface area contributed by atoms with Gasteiger partial charge in [0.05, 0.1) is 38.4 Å². The summed E-state index contributed by atoms with van der Waals surface area (Å²) < 4.78 is 10.1. The highest BCUT2D eigenvalue weighted by Gasteiger charge is 2.29. The molecule has 1 aromatic carbocycles. The van der Waals surface area contributed by atoms with Crippen LogP contribution in [0.5, 0.6) is 0 Å². The quantitative estimate of drug-likeness (QED) is 0.711. The van der Waals surface area contributed by atoms with Gasteiger partial charge >= 0.3 is 5.97 Å². The van der Waals surface area contributed by atoms with Crippen molar-refractivity contribution in [3.63, 3.8) is 0 Å². The second-order valence-electron chi connectivity index (χ2n) is 5.20. The van der Waals surface area contributed by atoms with Gasteiger partial charge in [0.2, 0.25) is 0 Å². The fourth-order valence-electron chi connectivity index (χ4n) is 2.00. The minimum absolute atomic E-state index is 0.139. The Morgan fingerprint density at radius 1 is 1.19 bits per heavy atom. The van der Waals surface area contributed by atoms with Gasteiger partial charge in [0.25, 0.3) is 0 Å². The van der Waals surface area contributed by atoms with Gasteiger partial charge in [-0.05, 0) is 12.5 Å². The Morgan fingerprint density at radius 3 is 2.38 bits per heavy atom. The van der Waals surface area contributed by atoms with E-state index in [9.17, 15) is 15.0 Å². The van der Waals surface area contributed by atoms with Crippen LogP contribution < -0.4 is 0 Å². The molecule has 21 heavy (non-hydrogen) atoms. The third-order valence-electron chi connectivity index (χ3n) is 3.59. The molecule has 0 heterocycles. The van der Waals surface area contributed by atoms with Crippen molar-refractivity contribution in [3.8, 4) is 0 Å². The van der Waals surface area contributed by atoms with Crippen LogP contribution in [0.25, 0.3) is 0 Å². The first-order valence-corrected chi connectivity index (χ1v) is 7.04. The number of methoxy groups -OCH3 is 1. The molecule has 0 spiro atoms. The number of aliphatic hydroxyl groups excluding tert-OH is 2. The lowest BCUT2D eigenvalue weighted by atomic mass is 9.93. The number of aliphatic hydroxyl groups is 2. The molecule has 1 rings (SSSR count). The predicted octanol–water partition coefficient (Wildman–Crippen LogP) is 1.51. The van der Waals surface area contributed by atoms with Crippen molar-refractivity contribution >= 4 is 5.97 Å². The van der Waals surface area contributed by atoms with Crippen molar-refractivity contribution in [1.82, 2.24) is 0 Å². The van der Waals surface area contributed by atoms with E-state index >= 15 is 0 Å².